The van der Waals surface area contributed by atoms with E-state index in [4.69, 9.17) is 10.5 Å². The summed E-state index contributed by atoms with van der Waals surface area (Å²) in [6, 6.07) is -0.422. The van der Waals surface area contributed by atoms with E-state index in [-0.39, 0.29) is 23.3 Å². The average molecular weight is 299 g/mol. The molecule has 0 spiro atoms. The Balaban J connectivity index is 2.36. The van der Waals surface area contributed by atoms with Crippen LogP contribution in [0.25, 0.3) is 0 Å². The van der Waals surface area contributed by atoms with Crippen LogP contribution in [0.4, 0.5) is 0 Å². The van der Waals surface area contributed by atoms with E-state index in [0.717, 1.165) is 12.8 Å². The normalized spacial score (nSPS) is 18.4. The standard InChI is InChI=1S/C15H29N3O3/c1-15(2,3)14(20)18-8-5-11(6-9-18)17-13(19)12(16)7-10-21-4/h11-12H,5-10,16H2,1-4H3,(H,17,19). The fraction of sp³-hybridized carbons (Fsp3) is 0.867. The number of methoxy groups -OCH3 is 1. The van der Waals surface area contributed by atoms with E-state index in [9.17, 15) is 9.59 Å². The van der Waals surface area contributed by atoms with Gasteiger partial charge in [-0.1, -0.05) is 20.8 Å². The maximum Gasteiger partial charge on any atom is 0.237 e. The lowest BCUT2D eigenvalue weighted by atomic mass is 9.93. The summed E-state index contributed by atoms with van der Waals surface area (Å²) in [6.45, 7) is 7.64. The van der Waals surface area contributed by atoms with Gasteiger partial charge in [-0.05, 0) is 19.3 Å². The molecule has 1 aliphatic rings. The number of nitrogens with zero attached hydrogens (tertiary/aromatic N) is 1. The minimum absolute atomic E-state index is 0.107. The third kappa shape index (κ3) is 5.63. The Labute approximate surface area is 127 Å². The van der Waals surface area contributed by atoms with Gasteiger partial charge in [-0.15, -0.1) is 0 Å². The molecule has 0 aromatic carbocycles. The molecule has 3 N–H and O–H groups in total. The van der Waals surface area contributed by atoms with Gasteiger partial charge in [0.25, 0.3) is 0 Å². The first-order chi connectivity index (χ1) is 9.75. The largest absolute Gasteiger partial charge is 0.385 e. The minimum atomic E-state index is -0.529. The van der Waals surface area contributed by atoms with Gasteiger partial charge in [-0.25, -0.2) is 0 Å². The molecule has 0 bridgehead atoms. The second-order valence-electron chi connectivity index (χ2n) is 6.71. The van der Waals surface area contributed by atoms with Gasteiger partial charge in [-0.2, -0.15) is 0 Å². The number of piperidine rings is 1. The number of ether oxygens (including phenoxy) is 1. The summed E-state index contributed by atoms with van der Waals surface area (Å²) >= 11 is 0. The number of likely N-dealkylation sites (tertiary alicyclic amines) is 1. The molecule has 0 aromatic heterocycles. The summed E-state index contributed by atoms with van der Waals surface area (Å²) in [4.78, 5) is 26.0. The molecular weight excluding hydrogens is 270 g/mol. The smallest absolute Gasteiger partial charge is 0.237 e. The molecular formula is C15H29N3O3. The van der Waals surface area contributed by atoms with Gasteiger partial charge in [0.2, 0.25) is 11.8 Å². The molecule has 0 aromatic rings. The molecule has 0 saturated carbocycles. The number of hydrogen-bond acceptors (Lipinski definition) is 4. The third-order valence-corrected chi connectivity index (χ3v) is 3.74. The van der Waals surface area contributed by atoms with Gasteiger partial charge in [0.1, 0.15) is 0 Å². The number of nitrogens with two attached hydrogens (primary N) is 1. The molecule has 1 saturated heterocycles. The highest BCUT2D eigenvalue weighted by atomic mass is 16.5. The molecule has 1 aliphatic heterocycles. The Hall–Kier alpha value is -1.14. The summed E-state index contributed by atoms with van der Waals surface area (Å²) in [7, 11) is 1.59. The van der Waals surface area contributed by atoms with Crippen molar-refractivity contribution >= 4 is 11.8 Å². The van der Waals surface area contributed by atoms with E-state index >= 15 is 0 Å². The zero-order valence-corrected chi connectivity index (χ0v) is 13.6. The van der Waals surface area contributed by atoms with Crippen molar-refractivity contribution in [2.45, 2.75) is 52.1 Å². The fourth-order valence-electron chi connectivity index (χ4n) is 2.39. The predicted molar refractivity (Wildman–Crippen MR) is 81.7 cm³/mol. The van der Waals surface area contributed by atoms with Crippen LogP contribution >= 0.6 is 0 Å². The van der Waals surface area contributed by atoms with Crippen molar-refractivity contribution in [1.82, 2.24) is 10.2 Å². The maximum atomic E-state index is 12.2. The lowest BCUT2D eigenvalue weighted by molar-refractivity contribution is -0.140. The number of hydrogen-bond donors (Lipinski definition) is 2. The van der Waals surface area contributed by atoms with E-state index in [2.05, 4.69) is 5.32 Å². The highest BCUT2D eigenvalue weighted by Gasteiger charge is 2.31. The molecule has 1 atom stereocenters. The van der Waals surface area contributed by atoms with Gasteiger partial charge < -0.3 is 20.7 Å². The molecule has 1 fully saturated rings. The molecule has 21 heavy (non-hydrogen) atoms. The maximum absolute atomic E-state index is 12.2. The molecule has 122 valence electrons. The lowest BCUT2D eigenvalue weighted by Crippen LogP contribution is -2.52. The molecule has 0 aliphatic carbocycles. The Morgan fingerprint density at radius 3 is 2.38 bits per heavy atom. The van der Waals surface area contributed by atoms with E-state index < -0.39 is 6.04 Å². The van der Waals surface area contributed by atoms with Crippen molar-refractivity contribution < 1.29 is 14.3 Å². The molecule has 2 amide bonds. The Kier molecular flexibility index (Phi) is 6.61. The predicted octanol–water partition coefficient (Wildman–Crippen LogP) is 0.504. The topological polar surface area (TPSA) is 84.7 Å². The summed E-state index contributed by atoms with van der Waals surface area (Å²) in [6.07, 6.45) is 2.08. The first kappa shape index (κ1) is 17.9. The second-order valence-corrected chi connectivity index (χ2v) is 6.71. The van der Waals surface area contributed by atoms with Crippen molar-refractivity contribution in [3.8, 4) is 0 Å². The van der Waals surface area contributed by atoms with Gasteiger partial charge in [0, 0.05) is 38.3 Å². The van der Waals surface area contributed by atoms with Gasteiger partial charge in [-0.3, -0.25) is 9.59 Å². The molecule has 1 heterocycles. The van der Waals surface area contributed by atoms with E-state index in [1.165, 1.54) is 0 Å². The van der Waals surface area contributed by atoms with Crippen LogP contribution in [0.1, 0.15) is 40.0 Å². The van der Waals surface area contributed by atoms with Crippen LogP contribution in [0.3, 0.4) is 0 Å². The minimum Gasteiger partial charge on any atom is -0.385 e. The fourth-order valence-corrected chi connectivity index (χ4v) is 2.39. The summed E-state index contributed by atoms with van der Waals surface area (Å²) in [5, 5.41) is 2.97. The van der Waals surface area contributed by atoms with Crippen LogP contribution in [-0.2, 0) is 14.3 Å². The number of amides is 2. The number of carbonyl (C=O) groups is 2. The number of rotatable bonds is 5. The molecule has 1 rings (SSSR count). The number of carbonyl (C=O) groups excluding carboxylic acids is 2. The Bertz CT molecular complexity index is 358. The number of nitrogens with one attached hydrogen (secondary N) is 1. The summed E-state index contributed by atoms with van der Waals surface area (Å²) in [5.74, 6) is 0.0386. The first-order valence-electron chi connectivity index (χ1n) is 7.60. The summed E-state index contributed by atoms with van der Waals surface area (Å²) < 4.78 is 4.92. The SMILES string of the molecule is COCCC(N)C(=O)NC1CCN(C(=O)C(C)(C)C)CC1. The zero-order chi connectivity index (χ0) is 16.0. The summed E-state index contributed by atoms with van der Waals surface area (Å²) in [5.41, 5.74) is 5.45. The second kappa shape index (κ2) is 7.75. The Morgan fingerprint density at radius 2 is 1.90 bits per heavy atom. The van der Waals surface area contributed by atoms with Crippen molar-refractivity contribution in [2.75, 3.05) is 26.8 Å². The van der Waals surface area contributed by atoms with E-state index in [1.807, 2.05) is 25.7 Å². The van der Waals surface area contributed by atoms with Crippen LogP contribution in [0.15, 0.2) is 0 Å². The van der Waals surface area contributed by atoms with Crippen molar-refractivity contribution in [3.05, 3.63) is 0 Å². The van der Waals surface area contributed by atoms with Gasteiger partial charge in [0.05, 0.1) is 6.04 Å². The molecule has 6 nitrogen and oxygen atoms in total. The quantitative estimate of drug-likeness (QED) is 0.774. The molecule has 0 radical (unpaired) electrons. The monoisotopic (exact) mass is 299 g/mol. The Morgan fingerprint density at radius 1 is 1.33 bits per heavy atom. The highest BCUT2D eigenvalue weighted by Crippen LogP contribution is 2.21. The van der Waals surface area contributed by atoms with Crippen molar-refractivity contribution in [2.24, 2.45) is 11.1 Å². The molecule has 1 unspecified atom stereocenters. The van der Waals surface area contributed by atoms with E-state index in [1.54, 1.807) is 7.11 Å². The van der Waals surface area contributed by atoms with Gasteiger partial charge in [0.15, 0.2) is 0 Å². The van der Waals surface area contributed by atoms with E-state index in [0.29, 0.717) is 26.1 Å². The van der Waals surface area contributed by atoms with Crippen LogP contribution in [0.2, 0.25) is 0 Å². The van der Waals surface area contributed by atoms with Crippen LogP contribution in [0.5, 0.6) is 0 Å². The van der Waals surface area contributed by atoms with Crippen molar-refractivity contribution in [3.63, 3.8) is 0 Å². The highest BCUT2D eigenvalue weighted by molar-refractivity contribution is 5.82. The molecule has 6 heteroatoms. The van der Waals surface area contributed by atoms with Crippen LogP contribution < -0.4 is 11.1 Å². The third-order valence-electron chi connectivity index (χ3n) is 3.74. The van der Waals surface area contributed by atoms with Gasteiger partial charge >= 0.3 is 0 Å². The van der Waals surface area contributed by atoms with Crippen molar-refractivity contribution in [1.29, 1.82) is 0 Å². The zero-order valence-electron chi connectivity index (χ0n) is 13.6. The van der Waals surface area contributed by atoms with Crippen LogP contribution in [0, 0.1) is 5.41 Å². The van der Waals surface area contributed by atoms with Crippen LogP contribution in [-0.4, -0.2) is 55.6 Å². The lowest BCUT2D eigenvalue weighted by Gasteiger charge is -2.36. The first-order valence-corrected chi connectivity index (χ1v) is 7.60. The average Bonchev–Trinajstić information content (AvgIpc) is 2.43.